The molecule has 1 heterocycles. The molecule has 0 radical (unpaired) electrons. The van der Waals surface area contributed by atoms with Gasteiger partial charge in [0, 0.05) is 49.3 Å². The lowest BCUT2D eigenvalue weighted by Crippen LogP contribution is -2.67. The first-order valence-electron chi connectivity index (χ1n) is 15.6. The molecule has 1 aliphatic carbocycles. The van der Waals surface area contributed by atoms with Gasteiger partial charge in [0.2, 0.25) is 17.7 Å². The molecule has 49 heavy (non-hydrogen) atoms. The molecule has 0 aromatic rings. The highest BCUT2D eigenvalue weighted by Crippen LogP contribution is 2.27. The number of carbonyl (C=O) groups excluding carboxylic acids is 4. The summed E-state index contributed by atoms with van der Waals surface area (Å²) >= 11 is 1.19. The number of carboxylic acid groups (broad SMARTS) is 1. The molecule has 0 unspecified atom stereocenters. The van der Waals surface area contributed by atoms with Gasteiger partial charge in [0.1, 0.15) is 43.0 Å². The van der Waals surface area contributed by atoms with E-state index in [0.717, 1.165) is 0 Å². The van der Waals surface area contributed by atoms with Gasteiger partial charge in [0.05, 0.1) is 24.5 Å². The SMILES string of the molecule is CC(C)(COC(=O)CC(=O)O)[C@@H](O)C(=O)NCCC(=O)NCCSCC(=O)NC[C@H]1O[C@H](O[C@H]2[C@H](O)[C@@H](O)[C@H](N)C[C@@H]2N)[C@H](N)[C@@H](O)[C@@H]1O. The molecule has 2 rings (SSSR count). The smallest absolute Gasteiger partial charge is 0.317 e. The largest absolute Gasteiger partial charge is 0.481 e. The second kappa shape index (κ2) is 19.6. The van der Waals surface area contributed by atoms with Crippen molar-refractivity contribution < 1.29 is 68.8 Å². The number of carbonyl (C=O) groups is 5. The van der Waals surface area contributed by atoms with Crippen molar-refractivity contribution in [1.82, 2.24) is 16.0 Å². The molecule has 1 aliphatic heterocycles. The van der Waals surface area contributed by atoms with E-state index in [1.807, 2.05) is 0 Å². The molecule has 0 aromatic carbocycles. The average Bonchev–Trinajstić information content (AvgIpc) is 3.03. The lowest BCUT2D eigenvalue weighted by molar-refractivity contribution is -0.288. The summed E-state index contributed by atoms with van der Waals surface area (Å²) in [6, 6.07) is -2.77. The van der Waals surface area contributed by atoms with Gasteiger partial charge in [-0.05, 0) is 6.42 Å². The lowest BCUT2D eigenvalue weighted by Gasteiger charge is -2.45. The maximum absolute atomic E-state index is 12.4. The number of esters is 1. The monoisotopic (exact) mass is 726 g/mol. The fourth-order valence-corrected chi connectivity index (χ4v) is 5.60. The van der Waals surface area contributed by atoms with Crippen molar-refractivity contribution in [2.45, 2.75) is 100 Å². The summed E-state index contributed by atoms with van der Waals surface area (Å²) < 4.78 is 16.2. The normalized spacial score (nSPS) is 30.9. The highest BCUT2D eigenvalue weighted by Gasteiger charge is 2.48. The van der Waals surface area contributed by atoms with Crippen LogP contribution < -0.4 is 33.2 Å². The first-order chi connectivity index (χ1) is 22.8. The first-order valence-corrected chi connectivity index (χ1v) is 16.8. The minimum absolute atomic E-state index is 0.0166. The van der Waals surface area contributed by atoms with E-state index in [1.165, 1.54) is 25.6 Å². The predicted octanol–water partition coefficient (Wildman–Crippen LogP) is -6.20. The summed E-state index contributed by atoms with van der Waals surface area (Å²) in [5, 5.41) is 67.8. The van der Waals surface area contributed by atoms with Gasteiger partial charge in [0.25, 0.3) is 0 Å². The molecule has 1 saturated carbocycles. The molecular weight excluding hydrogens is 676 g/mol. The summed E-state index contributed by atoms with van der Waals surface area (Å²) in [5.74, 6) is -3.70. The van der Waals surface area contributed by atoms with E-state index in [9.17, 15) is 49.5 Å². The van der Waals surface area contributed by atoms with E-state index in [1.54, 1.807) is 0 Å². The Morgan fingerprint density at radius 2 is 1.59 bits per heavy atom. The summed E-state index contributed by atoms with van der Waals surface area (Å²) in [7, 11) is 0. The van der Waals surface area contributed by atoms with Gasteiger partial charge in [-0.25, -0.2) is 0 Å². The fourth-order valence-electron chi connectivity index (χ4n) is 4.92. The van der Waals surface area contributed by atoms with Crippen LogP contribution in [-0.4, -0.2) is 165 Å². The summed E-state index contributed by atoms with van der Waals surface area (Å²) in [5.41, 5.74) is 16.5. The van der Waals surface area contributed by atoms with Crippen molar-refractivity contribution >= 4 is 41.4 Å². The molecule has 20 nitrogen and oxygen atoms in total. The zero-order valence-electron chi connectivity index (χ0n) is 27.3. The van der Waals surface area contributed by atoms with Crippen LogP contribution in [0.4, 0.5) is 0 Å². The quantitative estimate of drug-likeness (QED) is 0.0355. The molecule has 0 spiro atoms. The van der Waals surface area contributed by atoms with E-state index in [0.29, 0.717) is 5.75 Å². The Morgan fingerprint density at radius 3 is 2.24 bits per heavy atom. The third kappa shape index (κ3) is 13.2. The van der Waals surface area contributed by atoms with Crippen LogP contribution in [0.25, 0.3) is 0 Å². The van der Waals surface area contributed by atoms with Gasteiger partial charge >= 0.3 is 11.9 Å². The molecule has 21 heteroatoms. The molecule has 2 fully saturated rings. The maximum Gasteiger partial charge on any atom is 0.317 e. The zero-order chi connectivity index (χ0) is 37.1. The number of amides is 3. The van der Waals surface area contributed by atoms with E-state index >= 15 is 0 Å². The van der Waals surface area contributed by atoms with Gasteiger partial charge in [-0.2, -0.15) is 11.8 Å². The number of hydrogen-bond donors (Lipinski definition) is 12. The van der Waals surface area contributed by atoms with Crippen LogP contribution >= 0.6 is 11.8 Å². The van der Waals surface area contributed by atoms with Crippen LogP contribution in [0.3, 0.4) is 0 Å². The summed E-state index contributed by atoms with van der Waals surface area (Å²) in [4.78, 5) is 58.7. The minimum atomic E-state index is -1.61. The Bertz CT molecular complexity index is 1140. The predicted molar refractivity (Wildman–Crippen MR) is 170 cm³/mol. The van der Waals surface area contributed by atoms with Crippen LogP contribution in [0.2, 0.25) is 0 Å². The molecule has 15 N–H and O–H groups in total. The van der Waals surface area contributed by atoms with Gasteiger partial charge in [-0.15, -0.1) is 0 Å². The number of thioether (sulfide) groups is 1. The third-order valence-electron chi connectivity index (χ3n) is 7.97. The number of carboxylic acids is 1. The van der Waals surface area contributed by atoms with E-state index in [4.69, 9.17) is 36.5 Å². The number of nitrogens with one attached hydrogen (secondary N) is 3. The first kappa shape index (κ1) is 42.5. The summed E-state index contributed by atoms with van der Waals surface area (Å²) in [6.45, 7) is 2.36. The van der Waals surface area contributed by atoms with Crippen molar-refractivity contribution in [3.8, 4) is 0 Å². The Morgan fingerprint density at radius 1 is 0.918 bits per heavy atom. The molecule has 0 aromatic heterocycles. The zero-order valence-corrected chi connectivity index (χ0v) is 28.1. The Kier molecular flexibility index (Phi) is 17.0. The van der Waals surface area contributed by atoms with Gasteiger partial charge in [-0.1, -0.05) is 13.8 Å². The van der Waals surface area contributed by atoms with Gasteiger partial charge in [0.15, 0.2) is 6.29 Å². The molecule has 282 valence electrons. The van der Waals surface area contributed by atoms with Crippen molar-refractivity contribution in [3.63, 3.8) is 0 Å². The fraction of sp³-hybridized carbons (Fsp3) is 0.821. The number of aliphatic hydroxyl groups excluding tert-OH is 5. The molecule has 1 saturated heterocycles. The number of ether oxygens (including phenoxy) is 3. The number of nitrogens with two attached hydrogens (primary N) is 3. The third-order valence-corrected chi connectivity index (χ3v) is 8.93. The van der Waals surface area contributed by atoms with Crippen molar-refractivity contribution in [2.75, 3.05) is 37.7 Å². The van der Waals surface area contributed by atoms with Crippen LogP contribution in [0.5, 0.6) is 0 Å². The van der Waals surface area contributed by atoms with Crippen molar-refractivity contribution in [2.24, 2.45) is 22.6 Å². The Labute approximate surface area is 286 Å². The molecule has 2 aliphatic rings. The van der Waals surface area contributed by atoms with Crippen LogP contribution in [0, 0.1) is 5.41 Å². The van der Waals surface area contributed by atoms with Crippen molar-refractivity contribution in [3.05, 3.63) is 0 Å². The minimum Gasteiger partial charge on any atom is -0.481 e. The topological polar surface area (TPSA) is 349 Å². The highest BCUT2D eigenvalue weighted by atomic mass is 32.2. The molecular formula is C28H50N6O14S. The Balaban J connectivity index is 1.65. The molecule has 3 amide bonds. The van der Waals surface area contributed by atoms with E-state index < -0.39 is 115 Å². The number of rotatable bonds is 18. The van der Waals surface area contributed by atoms with Gasteiger partial charge in [-0.3, -0.25) is 24.0 Å². The van der Waals surface area contributed by atoms with Crippen LogP contribution in [-0.2, 0) is 38.2 Å². The summed E-state index contributed by atoms with van der Waals surface area (Å²) in [6.07, 6.45) is -11.8. The van der Waals surface area contributed by atoms with Crippen molar-refractivity contribution in [1.29, 1.82) is 0 Å². The van der Waals surface area contributed by atoms with Crippen LogP contribution in [0.1, 0.15) is 33.1 Å². The van der Waals surface area contributed by atoms with Gasteiger partial charge < -0.3 is 78.0 Å². The standard InChI is InChI=1S/C28H50N6O14S/c1-28(2,11-46-18(39)8-17(37)38)25(44)26(45)33-4-3-15(35)32-5-6-49-10-16(36)34-9-14-21(41)22(42)19(31)27(47-14)48-24-13(30)7-12(29)20(40)23(24)43/h12-14,19-25,27,40-44H,3-11,29-31H2,1-2H3,(H,32,35)(H,33,45)(H,34,36)(H,37,38)/t12-,13+,14-,19-,20+,21-,22-,23-,24-,25+,27-/m1/s1. The van der Waals surface area contributed by atoms with Crippen LogP contribution in [0.15, 0.2) is 0 Å². The second-order valence-corrected chi connectivity index (χ2v) is 13.7. The van der Waals surface area contributed by atoms with E-state index in [2.05, 4.69) is 16.0 Å². The molecule has 11 atom stereocenters. The number of aliphatic hydroxyl groups is 5. The maximum atomic E-state index is 12.4. The molecule has 0 bridgehead atoms. The number of aliphatic carboxylic acids is 1. The lowest BCUT2D eigenvalue weighted by atomic mass is 9.84. The number of hydrogen-bond acceptors (Lipinski definition) is 17. The Hall–Kier alpha value is -2.70. The second-order valence-electron chi connectivity index (χ2n) is 12.6. The highest BCUT2D eigenvalue weighted by molar-refractivity contribution is 7.99. The van der Waals surface area contributed by atoms with E-state index in [-0.39, 0.29) is 38.2 Å². The average molecular weight is 727 g/mol.